The van der Waals surface area contributed by atoms with Crippen LogP contribution in [-0.4, -0.2) is 24.1 Å². The molecule has 0 saturated carbocycles. The lowest BCUT2D eigenvalue weighted by Crippen LogP contribution is -2.15. The number of rotatable bonds is 9. The Kier molecular flexibility index (Phi) is 7.10. The summed E-state index contributed by atoms with van der Waals surface area (Å²) in [7, 11) is 0. The summed E-state index contributed by atoms with van der Waals surface area (Å²) >= 11 is 0. The van der Waals surface area contributed by atoms with Crippen molar-refractivity contribution < 1.29 is 19.2 Å². The molecule has 0 atom stereocenters. The van der Waals surface area contributed by atoms with Crippen molar-refractivity contribution in [1.29, 1.82) is 0 Å². The van der Waals surface area contributed by atoms with E-state index < -0.39 is 10.9 Å². The number of nitrogens with zero attached hydrogens (tertiary/aromatic N) is 1. The molecule has 0 bridgehead atoms. The SMILES string of the molecule is CCCCCCOC(=O)COc1ccc([N+](=O)[O-])cc1. The second-order valence-corrected chi connectivity index (χ2v) is 4.32. The monoisotopic (exact) mass is 281 g/mol. The number of ether oxygens (including phenoxy) is 2. The fourth-order valence-corrected chi connectivity index (χ4v) is 1.56. The van der Waals surface area contributed by atoms with E-state index in [2.05, 4.69) is 6.92 Å². The Bertz CT molecular complexity index is 430. The topological polar surface area (TPSA) is 78.7 Å². The highest BCUT2D eigenvalue weighted by Gasteiger charge is 2.07. The van der Waals surface area contributed by atoms with E-state index >= 15 is 0 Å². The van der Waals surface area contributed by atoms with Crippen LogP contribution in [0.25, 0.3) is 0 Å². The first-order valence-corrected chi connectivity index (χ1v) is 6.66. The number of unbranched alkanes of at least 4 members (excludes halogenated alkanes) is 3. The molecule has 0 aliphatic rings. The smallest absolute Gasteiger partial charge is 0.344 e. The molecular weight excluding hydrogens is 262 g/mol. The molecular formula is C14H19NO5. The minimum atomic E-state index is -0.492. The predicted molar refractivity (Wildman–Crippen MR) is 73.7 cm³/mol. The van der Waals surface area contributed by atoms with Crippen LogP contribution in [0.3, 0.4) is 0 Å². The Morgan fingerprint density at radius 1 is 1.20 bits per heavy atom. The summed E-state index contributed by atoms with van der Waals surface area (Å²) in [6, 6.07) is 5.55. The summed E-state index contributed by atoms with van der Waals surface area (Å²) < 4.78 is 10.2. The van der Waals surface area contributed by atoms with Crippen LogP contribution in [0.4, 0.5) is 5.69 Å². The van der Waals surface area contributed by atoms with E-state index in [1.807, 2.05) is 0 Å². The quantitative estimate of drug-likeness (QED) is 0.301. The van der Waals surface area contributed by atoms with Gasteiger partial charge in [-0.05, 0) is 18.6 Å². The Hall–Kier alpha value is -2.11. The molecule has 110 valence electrons. The van der Waals surface area contributed by atoms with Gasteiger partial charge in [0.1, 0.15) is 5.75 Å². The average Bonchev–Trinajstić information content (AvgIpc) is 2.45. The average molecular weight is 281 g/mol. The second kappa shape index (κ2) is 8.90. The number of non-ortho nitro benzene ring substituents is 1. The van der Waals surface area contributed by atoms with E-state index in [-0.39, 0.29) is 12.3 Å². The van der Waals surface area contributed by atoms with Crippen LogP contribution < -0.4 is 4.74 Å². The van der Waals surface area contributed by atoms with Gasteiger partial charge in [0.15, 0.2) is 6.61 Å². The Labute approximate surface area is 117 Å². The predicted octanol–water partition coefficient (Wildman–Crippen LogP) is 3.10. The number of carbonyl (C=O) groups is 1. The van der Waals surface area contributed by atoms with Crippen molar-refractivity contribution in [2.45, 2.75) is 32.6 Å². The lowest BCUT2D eigenvalue weighted by Gasteiger charge is -2.06. The highest BCUT2D eigenvalue weighted by atomic mass is 16.6. The van der Waals surface area contributed by atoms with E-state index in [9.17, 15) is 14.9 Å². The van der Waals surface area contributed by atoms with Gasteiger partial charge in [-0.3, -0.25) is 10.1 Å². The highest BCUT2D eigenvalue weighted by molar-refractivity contribution is 5.71. The largest absolute Gasteiger partial charge is 0.482 e. The lowest BCUT2D eigenvalue weighted by atomic mass is 10.2. The third-order valence-electron chi connectivity index (χ3n) is 2.67. The summed E-state index contributed by atoms with van der Waals surface area (Å²) in [6.07, 6.45) is 4.18. The van der Waals surface area contributed by atoms with Crippen molar-refractivity contribution in [3.05, 3.63) is 34.4 Å². The number of hydrogen-bond donors (Lipinski definition) is 0. The van der Waals surface area contributed by atoms with Crippen molar-refractivity contribution in [3.63, 3.8) is 0 Å². The van der Waals surface area contributed by atoms with E-state index in [1.54, 1.807) is 0 Å². The molecule has 0 unspecified atom stereocenters. The minimum absolute atomic E-state index is 0.0177. The van der Waals surface area contributed by atoms with Crippen molar-refractivity contribution >= 4 is 11.7 Å². The maximum atomic E-state index is 11.4. The third kappa shape index (κ3) is 6.17. The highest BCUT2D eigenvalue weighted by Crippen LogP contribution is 2.17. The van der Waals surface area contributed by atoms with Gasteiger partial charge in [0.25, 0.3) is 5.69 Å². The summed E-state index contributed by atoms with van der Waals surface area (Å²) in [4.78, 5) is 21.3. The molecule has 1 aromatic carbocycles. The fraction of sp³-hybridized carbons (Fsp3) is 0.500. The number of nitro groups is 1. The molecule has 0 aromatic heterocycles. The molecule has 6 nitrogen and oxygen atoms in total. The maximum absolute atomic E-state index is 11.4. The molecule has 0 radical (unpaired) electrons. The molecule has 0 spiro atoms. The summed E-state index contributed by atoms with van der Waals surface area (Å²) in [6.45, 7) is 2.33. The van der Waals surface area contributed by atoms with Gasteiger partial charge in [-0.25, -0.2) is 4.79 Å². The van der Waals surface area contributed by atoms with Gasteiger partial charge in [0.2, 0.25) is 0 Å². The zero-order valence-corrected chi connectivity index (χ0v) is 11.5. The van der Waals surface area contributed by atoms with Crippen LogP contribution in [0, 0.1) is 10.1 Å². The molecule has 0 amide bonds. The van der Waals surface area contributed by atoms with Gasteiger partial charge in [-0.1, -0.05) is 26.2 Å². The maximum Gasteiger partial charge on any atom is 0.344 e. The van der Waals surface area contributed by atoms with Crippen LogP contribution in [0.1, 0.15) is 32.6 Å². The first kappa shape index (κ1) is 15.9. The summed E-state index contributed by atoms with van der Waals surface area (Å²) in [5.74, 6) is -0.0293. The van der Waals surface area contributed by atoms with Crippen molar-refractivity contribution in [1.82, 2.24) is 0 Å². The molecule has 0 fully saturated rings. The van der Waals surface area contributed by atoms with E-state index in [4.69, 9.17) is 9.47 Å². The Morgan fingerprint density at radius 2 is 1.90 bits per heavy atom. The lowest BCUT2D eigenvalue weighted by molar-refractivity contribution is -0.384. The van der Waals surface area contributed by atoms with Gasteiger partial charge in [-0.15, -0.1) is 0 Å². The van der Waals surface area contributed by atoms with Gasteiger partial charge in [-0.2, -0.15) is 0 Å². The van der Waals surface area contributed by atoms with Crippen LogP contribution in [0.5, 0.6) is 5.75 Å². The van der Waals surface area contributed by atoms with Crippen LogP contribution in [0.2, 0.25) is 0 Å². The molecule has 0 heterocycles. The van der Waals surface area contributed by atoms with E-state index in [1.165, 1.54) is 24.3 Å². The summed E-state index contributed by atoms with van der Waals surface area (Å²) in [5.41, 5.74) is -0.0177. The molecule has 20 heavy (non-hydrogen) atoms. The van der Waals surface area contributed by atoms with Crippen molar-refractivity contribution in [2.24, 2.45) is 0 Å². The summed E-state index contributed by atoms with van der Waals surface area (Å²) in [5, 5.41) is 10.5. The number of benzene rings is 1. The Balaban J connectivity index is 2.22. The number of hydrogen-bond acceptors (Lipinski definition) is 5. The zero-order valence-electron chi connectivity index (χ0n) is 11.5. The number of esters is 1. The molecule has 0 saturated heterocycles. The fourth-order valence-electron chi connectivity index (χ4n) is 1.56. The van der Waals surface area contributed by atoms with Gasteiger partial charge in [0.05, 0.1) is 11.5 Å². The van der Waals surface area contributed by atoms with Crippen LogP contribution in [-0.2, 0) is 9.53 Å². The van der Waals surface area contributed by atoms with Gasteiger partial charge < -0.3 is 9.47 Å². The number of carbonyl (C=O) groups excluding carboxylic acids is 1. The standard InChI is InChI=1S/C14H19NO5/c1-2-3-4-5-10-19-14(16)11-20-13-8-6-12(7-9-13)15(17)18/h6-9H,2-5,10-11H2,1H3. The third-order valence-corrected chi connectivity index (χ3v) is 2.67. The van der Waals surface area contributed by atoms with Crippen molar-refractivity contribution in [2.75, 3.05) is 13.2 Å². The van der Waals surface area contributed by atoms with Crippen molar-refractivity contribution in [3.8, 4) is 5.75 Å². The Morgan fingerprint density at radius 3 is 2.50 bits per heavy atom. The molecule has 0 aliphatic heterocycles. The normalized spacial score (nSPS) is 10.1. The molecule has 0 aliphatic carbocycles. The molecule has 0 N–H and O–H groups in total. The molecule has 1 aromatic rings. The van der Waals surface area contributed by atoms with Crippen LogP contribution in [0.15, 0.2) is 24.3 Å². The first-order chi connectivity index (χ1) is 9.63. The first-order valence-electron chi connectivity index (χ1n) is 6.66. The number of nitro benzene ring substituents is 1. The van der Waals surface area contributed by atoms with Gasteiger partial charge in [0, 0.05) is 12.1 Å². The minimum Gasteiger partial charge on any atom is -0.482 e. The van der Waals surface area contributed by atoms with E-state index in [0.29, 0.717) is 12.4 Å². The molecule has 1 rings (SSSR count). The second-order valence-electron chi connectivity index (χ2n) is 4.32. The van der Waals surface area contributed by atoms with Crippen LogP contribution >= 0.6 is 0 Å². The van der Waals surface area contributed by atoms with Gasteiger partial charge >= 0.3 is 5.97 Å². The molecule has 6 heteroatoms. The zero-order chi connectivity index (χ0) is 14.8. The van der Waals surface area contributed by atoms with E-state index in [0.717, 1.165) is 25.7 Å².